The molecule has 0 spiro atoms. The number of β-amino-alcohol motifs (C(OH)–C–C–N with tert-alkyl or cyclic N) is 1. The fraction of sp³-hybridized carbons (Fsp3) is 0.333. The maximum absolute atomic E-state index is 13.8. The number of hydrogen-bond acceptors (Lipinski definition) is 8. The molecule has 0 aromatic heterocycles. The number of carbonyl (C=O) groups excluding carboxylic acids is 2. The monoisotopic (exact) mass is 641 g/mol. The molecule has 6 rings (SSSR count). The first-order valence-corrected chi connectivity index (χ1v) is 16.6. The zero-order valence-electron chi connectivity index (χ0n) is 26.2. The SMILES string of the molecule is CCOC(SCC)[C@@H]1C[C@@H](O)CN1C(=O)c1cc(OC)c(OCCc2c(C(N)=O)cc3ccc4cccc5ccc2c3c45)cc1N. The Morgan fingerprint density at radius 1 is 1.00 bits per heavy atom. The Morgan fingerprint density at radius 3 is 2.43 bits per heavy atom. The standard InChI is InChI=1S/C36H39N3O6S/c1-4-44-36(46-5-2)29-16-23(40)19-39(29)35(42)27-17-30(43-3)31(18-28(27)37)45-14-13-24-25-12-11-21-8-6-7-20-9-10-22(33(25)32(20)21)15-26(24)34(38)41/h6-12,15,17-18,23,29,36,40H,4-5,13-14,16,19,37H2,1-3H3,(H2,38,41)/t23-,29+,36?/m1/s1. The maximum Gasteiger partial charge on any atom is 0.256 e. The van der Waals surface area contributed by atoms with Gasteiger partial charge in [0.1, 0.15) is 5.44 Å². The molecule has 1 heterocycles. The van der Waals surface area contributed by atoms with Crippen LogP contribution in [0.5, 0.6) is 11.5 Å². The van der Waals surface area contributed by atoms with Gasteiger partial charge in [-0.1, -0.05) is 49.4 Å². The van der Waals surface area contributed by atoms with Crippen LogP contribution in [0.1, 0.15) is 46.5 Å². The van der Waals surface area contributed by atoms with Gasteiger partial charge in [-0.2, -0.15) is 0 Å². The van der Waals surface area contributed by atoms with Crippen LogP contribution < -0.4 is 20.9 Å². The first-order chi connectivity index (χ1) is 22.2. The van der Waals surface area contributed by atoms with E-state index in [0.717, 1.165) is 43.6 Å². The van der Waals surface area contributed by atoms with Gasteiger partial charge in [0.05, 0.1) is 31.4 Å². The van der Waals surface area contributed by atoms with Crippen LogP contribution in [0.4, 0.5) is 5.69 Å². The van der Waals surface area contributed by atoms with E-state index in [2.05, 4.69) is 24.3 Å². The minimum atomic E-state index is -0.648. The molecule has 10 heteroatoms. The summed E-state index contributed by atoms with van der Waals surface area (Å²) >= 11 is 1.61. The molecule has 5 N–H and O–H groups in total. The molecule has 5 aromatic carbocycles. The Labute approximate surface area is 272 Å². The predicted octanol–water partition coefficient (Wildman–Crippen LogP) is 5.59. The number of aliphatic hydroxyl groups excluding tert-OH is 1. The van der Waals surface area contributed by atoms with Crippen molar-refractivity contribution in [2.45, 2.75) is 44.3 Å². The predicted molar refractivity (Wildman–Crippen MR) is 184 cm³/mol. The lowest BCUT2D eigenvalue weighted by molar-refractivity contribution is 0.0461. The topological polar surface area (TPSA) is 137 Å². The van der Waals surface area contributed by atoms with E-state index in [9.17, 15) is 14.7 Å². The molecule has 3 atom stereocenters. The number of benzene rings is 5. The van der Waals surface area contributed by atoms with Crippen molar-refractivity contribution in [2.75, 3.05) is 38.4 Å². The zero-order valence-corrected chi connectivity index (χ0v) is 27.1. The summed E-state index contributed by atoms with van der Waals surface area (Å²) in [4.78, 5) is 28.1. The van der Waals surface area contributed by atoms with E-state index in [-0.39, 0.29) is 41.8 Å². The molecule has 5 aromatic rings. The summed E-state index contributed by atoms with van der Waals surface area (Å²) in [5.41, 5.74) is 13.8. The van der Waals surface area contributed by atoms with Crippen molar-refractivity contribution < 1.29 is 28.9 Å². The summed E-state index contributed by atoms with van der Waals surface area (Å²) in [6.07, 6.45) is 0.181. The summed E-state index contributed by atoms with van der Waals surface area (Å²) in [7, 11) is 1.50. The van der Waals surface area contributed by atoms with Gasteiger partial charge >= 0.3 is 0 Å². The highest BCUT2D eigenvalue weighted by atomic mass is 32.2. The van der Waals surface area contributed by atoms with Crippen LogP contribution in [-0.4, -0.2) is 72.0 Å². The Hall–Kier alpha value is -4.25. The molecule has 0 saturated carbocycles. The minimum absolute atomic E-state index is 0.193. The molecular weight excluding hydrogens is 602 g/mol. The second kappa shape index (κ2) is 13.2. The molecule has 46 heavy (non-hydrogen) atoms. The largest absolute Gasteiger partial charge is 0.493 e. The zero-order chi connectivity index (χ0) is 32.5. The summed E-state index contributed by atoms with van der Waals surface area (Å²) in [6.45, 7) is 4.86. The quantitative estimate of drug-likeness (QED) is 0.0912. The van der Waals surface area contributed by atoms with E-state index >= 15 is 0 Å². The lowest BCUT2D eigenvalue weighted by Crippen LogP contribution is -2.43. The van der Waals surface area contributed by atoms with Gasteiger partial charge in [0.15, 0.2) is 11.5 Å². The van der Waals surface area contributed by atoms with Crippen LogP contribution in [0.15, 0.2) is 60.7 Å². The first-order valence-electron chi connectivity index (χ1n) is 15.6. The molecule has 240 valence electrons. The van der Waals surface area contributed by atoms with E-state index in [4.69, 9.17) is 25.7 Å². The van der Waals surface area contributed by atoms with Crippen molar-refractivity contribution in [1.29, 1.82) is 0 Å². The van der Waals surface area contributed by atoms with Gasteiger partial charge in [0.25, 0.3) is 5.91 Å². The van der Waals surface area contributed by atoms with Crippen LogP contribution in [0.3, 0.4) is 0 Å². The van der Waals surface area contributed by atoms with Crippen LogP contribution in [0.2, 0.25) is 0 Å². The van der Waals surface area contributed by atoms with Gasteiger partial charge in [-0.15, -0.1) is 11.8 Å². The van der Waals surface area contributed by atoms with Gasteiger partial charge in [-0.05, 0) is 69.1 Å². The Bertz CT molecular complexity index is 1890. The Morgan fingerprint density at radius 2 is 1.74 bits per heavy atom. The second-order valence-electron chi connectivity index (χ2n) is 11.5. The minimum Gasteiger partial charge on any atom is -0.493 e. The van der Waals surface area contributed by atoms with Gasteiger partial charge in [-0.25, -0.2) is 0 Å². The molecular formula is C36H39N3O6S. The number of primary amides is 1. The van der Waals surface area contributed by atoms with Crippen LogP contribution in [-0.2, 0) is 11.2 Å². The normalized spacial score (nSPS) is 17.3. The molecule has 1 aliphatic heterocycles. The number of amides is 2. The number of nitrogen functional groups attached to an aromatic ring is 1. The van der Waals surface area contributed by atoms with Crippen molar-refractivity contribution in [3.05, 3.63) is 77.4 Å². The highest BCUT2D eigenvalue weighted by Crippen LogP contribution is 2.39. The molecule has 1 aliphatic rings. The highest BCUT2D eigenvalue weighted by Gasteiger charge is 2.40. The summed E-state index contributed by atoms with van der Waals surface area (Å²) in [5.74, 6) is 0.742. The van der Waals surface area contributed by atoms with Gasteiger partial charge in [-0.3, -0.25) is 9.59 Å². The van der Waals surface area contributed by atoms with Crippen molar-refractivity contribution in [1.82, 2.24) is 4.90 Å². The van der Waals surface area contributed by atoms with E-state index in [0.29, 0.717) is 36.5 Å². The second-order valence-corrected chi connectivity index (χ2v) is 12.9. The molecule has 1 fully saturated rings. The fourth-order valence-corrected chi connectivity index (χ4v) is 7.78. The Kier molecular flexibility index (Phi) is 9.13. The molecule has 0 bridgehead atoms. The number of carbonyl (C=O) groups is 2. The number of aliphatic hydroxyl groups is 1. The fourth-order valence-electron chi connectivity index (χ4n) is 6.74. The van der Waals surface area contributed by atoms with Crippen LogP contribution in [0.25, 0.3) is 32.3 Å². The molecule has 2 amide bonds. The van der Waals surface area contributed by atoms with E-state index in [1.807, 2.05) is 38.1 Å². The van der Waals surface area contributed by atoms with E-state index in [1.165, 1.54) is 7.11 Å². The third kappa shape index (κ3) is 5.77. The average molecular weight is 642 g/mol. The number of anilines is 1. The molecule has 0 radical (unpaired) electrons. The van der Waals surface area contributed by atoms with E-state index in [1.54, 1.807) is 28.8 Å². The number of nitrogens with zero attached hydrogens (tertiary/aromatic N) is 1. The number of methoxy groups -OCH3 is 1. The molecule has 0 aliphatic carbocycles. The summed E-state index contributed by atoms with van der Waals surface area (Å²) in [5, 5.41) is 16.9. The van der Waals surface area contributed by atoms with E-state index < -0.39 is 12.0 Å². The maximum atomic E-state index is 13.8. The number of likely N-dealkylation sites (tertiary alicyclic amines) is 1. The molecule has 9 nitrogen and oxygen atoms in total. The molecule has 1 unspecified atom stereocenters. The third-order valence-electron chi connectivity index (χ3n) is 8.76. The van der Waals surface area contributed by atoms with Crippen molar-refractivity contribution in [3.63, 3.8) is 0 Å². The van der Waals surface area contributed by atoms with Gasteiger partial charge in [0.2, 0.25) is 5.91 Å². The lowest BCUT2D eigenvalue weighted by Gasteiger charge is -2.31. The average Bonchev–Trinajstić information content (AvgIpc) is 3.44. The number of rotatable bonds is 12. The van der Waals surface area contributed by atoms with Gasteiger partial charge in [0, 0.05) is 36.9 Å². The van der Waals surface area contributed by atoms with Crippen LogP contribution >= 0.6 is 11.8 Å². The smallest absolute Gasteiger partial charge is 0.256 e. The van der Waals surface area contributed by atoms with Crippen LogP contribution in [0, 0.1) is 0 Å². The highest BCUT2D eigenvalue weighted by molar-refractivity contribution is 7.99. The summed E-state index contributed by atoms with van der Waals surface area (Å²) < 4.78 is 17.8. The van der Waals surface area contributed by atoms with Crippen molar-refractivity contribution >= 4 is 61.6 Å². The number of nitrogens with two attached hydrogens (primary N) is 2. The lowest BCUT2D eigenvalue weighted by atomic mass is 9.88. The Balaban J connectivity index is 1.27. The molecule has 1 saturated heterocycles. The van der Waals surface area contributed by atoms with Gasteiger partial charge < -0.3 is 35.7 Å². The van der Waals surface area contributed by atoms with Crippen molar-refractivity contribution in [3.8, 4) is 11.5 Å². The third-order valence-corrected chi connectivity index (χ3v) is 9.87. The first kappa shape index (κ1) is 31.7. The van der Waals surface area contributed by atoms with Crippen molar-refractivity contribution in [2.24, 2.45) is 5.73 Å². The number of thioether (sulfide) groups is 1. The number of hydrogen-bond donors (Lipinski definition) is 3. The number of ether oxygens (including phenoxy) is 3. The summed E-state index contributed by atoms with van der Waals surface area (Å²) in [6, 6.07) is 19.2.